The van der Waals surface area contributed by atoms with E-state index in [1.54, 1.807) is 6.08 Å². The Morgan fingerprint density at radius 1 is 1.11 bits per heavy atom. The minimum atomic E-state index is -0.253. The highest BCUT2D eigenvalue weighted by molar-refractivity contribution is 5.83. The Bertz CT molecular complexity index is 324. The molecule has 0 aromatic carbocycles. The molecule has 0 aliphatic carbocycles. The summed E-state index contributed by atoms with van der Waals surface area (Å²) in [6.45, 7) is 13.1. The summed E-state index contributed by atoms with van der Waals surface area (Å²) in [7, 11) is 0. The van der Waals surface area contributed by atoms with Crippen molar-refractivity contribution in [3.05, 3.63) is 23.3 Å². The number of rotatable bonds is 8. The molecule has 0 aromatic heterocycles. The average Bonchev–Trinajstić information content (AvgIpc) is 2.25. The van der Waals surface area contributed by atoms with Crippen molar-refractivity contribution in [3.8, 4) is 0 Å². The van der Waals surface area contributed by atoms with Crippen molar-refractivity contribution in [3.63, 3.8) is 0 Å². The van der Waals surface area contributed by atoms with Crippen LogP contribution < -0.4 is 0 Å². The number of ether oxygens (including phenoxy) is 1. The van der Waals surface area contributed by atoms with Crippen molar-refractivity contribution in [2.45, 2.75) is 60.8 Å². The predicted octanol–water partition coefficient (Wildman–Crippen LogP) is 4.90. The number of allylic oxidation sites excluding steroid dienone is 3. The van der Waals surface area contributed by atoms with Crippen LogP contribution in [0.15, 0.2) is 23.3 Å². The Hall–Kier alpha value is -1.05. The number of carbonyl (C=O) groups excluding carboxylic acids is 1. The van der Waals surface area contributed by atoms with Gasteiger partial charge in [-0.1, -0.05) is 45.3 Å². The summed E-state index contributed by atoms with van der Waals surface area (Å²) in [6, 6.07) is 0. The van der Waals surface area contributed by atoms with Crippen molar-refractivity contribution in [2.24, 2.45) is 11.8 Å². The first-order chi connectivity index (χ1) is 8.85. The Balaban J connectivity index is 4.28. The molecular weight excluding hydrogens is 236 g/mol. The van der Waals surface area contributed by atoms with E-state index in [1.165, 1.54) is 18.4 Å². The molecule has 2 heteroatoms. The number of hydrogen-bond acceptors (Lipinski definition) is 2. The lowest BCUT2D eigenvalue weighted by Gasteiger charge is -2.13. The lowest BCUT2D eigenvalue weighted by molar-refractivity contribution is -0.137. The van der Waals surface area contributed by atoms with Crippen molar-refractivity contribution in [2.75, 3.05) is 6.61 Å². The van der Waals surface area contributed by atoms with Gasteiger partial charge in [0.1, 0.15) is 0 Å². The van der Waals surface area contributed by atoms with Crippen LogP contribution in [0.3, 0.4) is 0 Å². The van der Waals surface area contributed by atoms with E-state index in [4.69, 9.17) is 4.74 Å². The number of hydrogen-bond donors (Lipinski definition) is 0. The third kappa shape index (κ3) is 10.5. The zero-order valence-electron chi connectivity index (χ0n) is 13.5. The minimum Gasteiger partial charge on any atom is -0.463 e. The summed E-state index contributed by atoms with van der Waals surface area (Å²) in [5.74, 6) is 1.23. The van der Waals surface area contributed by atoms with Gasteiger partial charge < -0.3 is 4.74 Å². The topological polar surface area (TPSA) is 26.3 Å². The first-order valence-corrected chi connectivity index (χ1v) is 7.37. The van der Waals surface area contributed by atoms with Crippen LogP contribution in [0.2, 0.25) is 0 Å². The molecule has 0 fully saturated rings. The third-order valence-electron chi connectivity index (χ3n) is 3.01. The van der Waals surface area contributed by atoms with Gasteiger partial charge in [-0.25, -0.2) is 4.79 Å². The first kappa shape index (κ1) is 17.9. The minimum absolute atomic E-state index is 0.253. The largest absolute Gasteiger partial charge is 0.463 e. The lowest BCUT2D eigenvalue weighted by atomic mass is 9.93. The predicted molar refractivity (Wildman–Crippen MR) is 82.0 cm³/mol. The van der Waals surface area contributed by atoms with Crippen LogP contribution in [-0.4, -0.2) is 12.6 Å². The number of esters is 1. The molecule has 0 aliphatic heterocycles. The van der Waals surface area contributed by atoms with Crippen molar-refractivity contribution in [1.82, 2.24) is 0 Å². The molecule has 0 saturated carbocycles. The molecule has 0 radical (unpaired) electrons. The van der Waals surface area contributed by atoms with E-state index in [0.29, 0.717) is 12.5 Å². The van der Waals surface area contributed by atoms with Crippen LogP contribution in [0.1, 0.15) is 60.8 Å². The van der Waals surface area contributed by atoms with Crippen molar-refractivity contribution >= 4 is 5.97 Å². The van der Waals surface area contributed by atoms with Crippen molar-refractivity contribution < 1.29 is 9.53 Å². The van der Waals surface area contributed by atoms with Crippen LogP contribution in [0.25, 0.3) is 0 Å². The molecule has 0 heterocycles. The van der Waals surface area contributed by atoms with Crippen LogP contribution in [0.4, 0.5) is 0 Å². The van der Waals surface area contributed by atoms with Crippen LogP contribution in [0.5, 0.6) is 0 Å². The van der Waals surface area contributed by atoms with E-state index in [1.807, 2.05) is 13.8 Å². The van der Waals surface area contributed by atoms with E-state index >= 15 is 0 Å². The molecule has 1 atom stereocenters. The first-order valence-electron chi connectivity index (χ1n) is 7.37. The Kier molecular flexibility index (Phi) is 9.28. The highest BCUT2D eigenvalue weighted by Crippen LogP contribution is 2.19. The normalized spacial score (nSPS) is 14.7. The van der Waals surface area contributed by atoms with Crippen LogP contribution >= 0.6 is 0 Å². The summed E-state index contributed by atoms with van der Waals surface area (Å²) in [6.07, 6.45) is 7.30. The molecule has 2 nitrogen and oxygen atoms in total. The zero-order chi connectivity index (χ0) is 14.8. The molecule has 0 N–H and O–H groups in total. The van der Waals surface area contributed by atoms with Crippen LogP contribution in [-0.2, 0) is 9.53 Å². The second-order valence-corrected chi connectivity index (χ2v) is 5.91. The second-order valence-electron chi connectivity index (χ2n) is 5.91. The lowest BCUT2D eigenvalue weighted by Crippen LogP contribution is -2.01. The molecule has 0 spiro atoms. The van der Waals surface area contributed by atoms with Crippen LogP contribution in [0, 0.1) is 11.8 Å². The van der Waals surface area contributed by atoms with Gasteiger partial charge in [0.05, 0.1) is 6.61 Å². The summed E-state index contributed by atoms with van der Waals surface area (Å²) < 4.78 is 4.90. The van der Waals surface area contributed by atoms with Gasteiger partial charge in [0.15, 0.2) is 0 Å². The highest BCUT2D eigenvalue weighted by Gasteiger charge is 2.05. The van der Waals surface area contributed by atoms with Gasteiger partial charge in [0.25, 0.3) is 0 Å². The maximum atomic E-state index is 11.3. The monoisotopic (exact) mass is 266 g/mol. The maximum Gasteiger partial charge on any atom is 0.330 e. The fourth-order valence-electron chi connectivity index (χ4n) is 2.13. The van der Waals surface area contributed by atoms with E-state index in [0.717, 1.165) is 17.9 Å². The van der Waals surface area contributed by atoms with Gasteiger partial charge in [-0.3, -0.25) is 0 Å². The fraction of sp³-hybridized carbons (Fsp3) is 0.706. The van der Waals surface area contributed by atoms with E-state index in [2.05, 4.69) is 33.8 Å². The zero-order valence-corrected chi connectivity index (χ0v) is 13.5. The molecule has 0 amide bonds. The quantitative estimate of drug-likeness (QED) is 0.354. The smallest absolute Gasteiger partial charge is 0.330 e. The van der Waals surface area contributed by atoms with Gasteiger partial charge in [0.2, 0.25) is 0 Å². The molecular formula is C17H30O2. The van der Waals surface area contributed by atoms with E-state index in [9.17, 15) is 4.79 Å². The molecule has 0 aliphatic rings. The number of carbonyl (C=O) groups is 1. The van der Waals surface area contributed by atoms with E-state index < -0.39 is 0 Å². The third-order valence-corrected chi connectivity index (χ3v) is 3.01. The summed E-state index contributed by atoms with van der Waals surface area (Å²) >= 11 is 0. The highest BCUT2D eigenvalue weighted by atomic mass is 16.5. The molecule has 19 heavy (non-hydrogen) atoms. The average molecular weight is 266 g/mol. The molecule has 0 aromatic rings. The van der Waals surface area contributed by atoms with Gasteiger partial charge in [-0.15, -0.1) is 0 Å². The van der Waals surface area contributed by atoms with Gasteiger partial charge in [-0.05, 0) is 44.6 Å². The Labute approximate surface area is 118 Å². The standard InChI is InChI=1S/C17H30O2/c1-7-19-17(18)12-16(6)11-15(5)10-14(4)9-8-13(2)3/h11-14H,7-10H2,1-6H3/b15-11+,16-12+. The van der Waals surface area contributed by atoms with Gasteiger partial charge in [-0.2, -0.15) is 0 Å². The molecule has 0 saturated heterocycles. The Morgan fingerprint density at radius 3 is 2.26 bits per heavy atom. The summed E-state index contributed by atoms with van der Waals surface area (Å²) in [4.78, 5) is 11.3. The maximum absolute atomic E-state index is 11.3. The molecule has 1 unspecified atom stereocenters. The fourth-order valence-corrected chi connectivity index (χ4v) is 2.13. The molecule has 0 bridgehead atoms. The van der Waals surface area contributed by atoms with Crippen molar-refractivity contribution in [1.29, 1.82) is 0 Å². The van der Waals surface area contributed by atoms with Gasteiger partial charge >= 0.3 is 5.97 Å². The van der Waals surface area contributed by atoms with Gasteiger partial charge in [0, 0.05) is 6.08 Å². The Morgan fingerprint density at radius 2 is 1.74 bits per heavy atom. The summed E-state index contributed by atoms with van der Waals surface area (Å²) in [5, 5.41) is 0. The van der Waals surface area contributed by atoms with E-state index in [-0.39, 0.29) is 5.97 Å². The molecule has 0 rings (SSSR count). The second kappa shape index (κ2) is 9.82. The SMILES string of the molecule is CCOC(=O)/C=C(C)/C=C(\C)CC(C)CCC(C)C. The molecule has 110 valence electrons. The summed E-state index contributed by atoms with van der Waals surface area (Å²) in [5.41, 5.74) is 2.29.